The Hall–Kier alpha value is -1.10. The maximum Gasteiger partial charge on any atom is 0.226 e. The van der Waals surface area contributed by atoms with Crippen LogP contribution in [0.15, 0.2) is 0 Å². The molecule has 1 rings (SSSR count). The first-order valence-electron chi connectivity index (χ1n) is 7.03. The lowest BCUT2D eigenvalue weighted by molar-refractivity contribution is -0.139. The molecule has 5 heteroatoms. The van der Waals surface area contributed by atoms with Crippen LogP contribution < -0.4 is 11.5 Å². The molecule has 0 bridgehead atoms. The molecule has 1 aliphatic rings. The van der Waals surface area contributed by atoms with Crippen molar-refractivity contribution in [2.45, 2.75) is 40.0 Å². The summed E-state index contributed by atoms with van der Waals surface area (Å²) >= 11 is 0. The van der Waals surface area contributed by atoms with E-state index in [9.17, 15) is 9.59 Å². The summed E-state index contributed by atoms with van der Waals surface area (Å²) in [5, 5.41) is 0. The van der Waals surface area contributed by atoms with E-state index in [1.54, 1.807) is 4.90 Å². The van der Waals surface area contributed by atoms with Gasteiger partial charge in [-0.3, -0.25) is 9.59 Å². The van der Waals surface area contributed by atoms with Gasteiger partial charge in [0.25, 0.3) is 0 Å². The van der Waals surface area contributed by atoms with Gasteiger partial charge in [0.1, 0.15) is 0 Å². The van der Waals surface area contributed by atoms with Crippen molar-refractivity contribution < 1.29 is 9.59 Å². The summed E-state index contributed by atoms with van der Waals surface area (Å²) in [4.78, 5) is 25.5. The molecular formula is C14H27N3O2. The SMILES string of the molecule is CC(C)(C)CC(CN)C(=O)N1CCCC(C(N)=O)C1. The van der Waals surface area contributed by atoms with Crippen LogP contribution in [0.4, 0.5) is 0 Å². The topological polar surface area (TPSA) is 89.4 Å². The predicted molar refractivity (Wildman–Crippen MR) is 75.1 cm³/mol. The monoisotopic (exact) mass is 269 g/mol. The highest BCUT2D eigenvalue weighted by molar-refractivity contribution is 5.81. The first-order chi connectivity index (χ1) is 8.74. The summed E-state index contributed by atoms with van der Waals surface area (Å²) < 4.78 is 0. The molecule has 1 fully saturated rings. The zero-order valence-corrected chi connectivity index (χ0v) is 12.3. The van der Waals surface area contributed by atoms with Crippen LogP contribution in [0.2, 0.25) is 0 Å². The molecule has 2 unspecified atom stereocenters. The summed E-state index contributed by atoms with van der Waals surface area (Å²) in [5.74, 6) is -0.599. The van der Waals surface area contributed by atoms with E-state index in [-0.39, 0.29) is 29.1 Å². The largest absolute Gasteiger partial charge is 0.369 e. The van der Waals surface area contributed by atoms with Gasteiger partial charge in [-0.1, -0.05) is 20.8 Å². The fourth-order valence-electron chi connectivity index (χ4n) is 2.68. The molecule has 2 amide bonds. The minimum absolute atomic E-state index is 0.0680. The van der Waals surface area contributed by atoms with E-state index in [1.807, 2.05) is 0 Å². The molecular weight excluding hydrogens is 242 g/mol. The van der Waals surface area contributed by atoms with Crippen molar-refractivity contribution in [1.82, 2.24) is 4.90 Å². The van der Waals surface area contributed by atoms with Gasteiger partial charge in [0.05, 0.1) is 11.8 Å². The number of hydrogen-bond donors (Lipinski definition) is 2. The second kappa shape index (κ2) is 6.37. The van der Waals surface area contributed by atoms with E-state index >= 15 is 0 Å². The molecule has 4 N–H and O–H groups in total. The summed E-state index contributed by atoms with van der Waals surface area (Å²) in [6.45, 7) is 7.83. The number of amides is 2. The van der Waals surface area contributed by atoms with Crippen molar-refractivity contribution >= 4 is 11.8 Å². The maximum atomic E-state index is 12.5. The van der Waals surface area contributed by atoms with Gasteiger partial charge in [-0.25, -0.2) is 0 Å². The zero-order valence-electron chi connectivity index (χ0n) is 12.3. The average Bonchev–Trinajstić information content (AvgIpc) is 2.34. The molecule has 0 aromatic rings. The third kappa shape index (κ3) is 4.82. The number of hydrogen-bond acceptors (Lipinski definition) is 3. The molecule has 110 valence electrons. The van der Waals surface area contributed by atoms with Crippen molar-refractivity contribution in [1.29, 1.82) is 0 Å². The van der Waals surface area contributed by atoms with Gasteiger partial charge in [-0.05, 0) is 24.7 Å². The highest BCUT2D eigenvalue weighted by atomic mass is 16.2. The van der Waals surface area contributed by atoms with Crippen molar-refractivity contribution in [2.75, 3.05) is 19.6 Å². The second-order valence-electron chi connectivity index (χ2n) is 6.72. The Morgan fingerprint density at radius 3 is 2.47 bits per heavy atom. The van der Waals surface area contributed by atoms with Gasteiger partial charge >= 0.3 is 0 Å². The molecule has 19 heavy (non-hydrogen) atoms. The van der Waals surface area contributed by atoms with E-state index in [0.29, 0.717) is 19.6 Å². The van der Waals surface area contributed by atoms with Gasteiger partial charge in [0, 0.05) is 19.6 Å². The molecule has 0 spiro atoms. The molecule has 0 aromatic heterocycles. The number of carbonyl (C=O) groups is 2. The van der Waals surface area contributed by atoms with E-state index in [2.05, 4.69) is 20.8 Å². The van der Waals surface area contributed by atoms with Crippen LogP contribution in [0.3, 0.4) is 0 Å². The van der Waals surface area contributed by atoms with Gasteiger partial charge in [-0.15, -0.1) is 0 Å². The Labute approximate surface area is 115 Å². The first kappa shape index (κ1) is 16.0. The van der Waals surface area contributed by atoms with Crippen LogP contribution in [-0.4, -0.2) is 36.3 Å². The first-order valence-corrected chi connectivity index (χ1v) is 7.03. The number of rotatable bonds is 4. The number of carbonyl (C=O) groups excluding carboxylic acids is 2. The third-order valence-electron chi connectivity index (χ3n) is 3.63. The molecule has 1 aliphatic heterocycles. The van der Waals surface area contributed by atoms with Gasteiger partial charge in [0.2, 0.25) is 11.8 Å². The number of nitrogens with two attached hydrogens (primary N) is 2. The molecule has 5 nitrogen and oxygen atoms in total. The summed E-state index contributed by atoms with van der Waals surface area (Å²) in [6, 6.07) is 0. The van der Waals surface area contributed by atoms with E-state index in [0.717, 1.165) is 19.3 Å². The average molecular weight is 269 g/mol. The Bertz CT molecular complexity index is 336. The number of likely N-dealkylation sites (tertiary alicyclic amines) is 1. The van der Waals surface area contributed by atoms with Crippen LogP contribution in [0.1, 0.15) is 40.0 Å². The molecule has 1 heterocycles. The molecule has 0 aromatic carbocycles. The van der Waals surface area contributed by atoms with Crippen molar-refractivity contribution in [3.63, 3.8) is 0 Å². The molecule has 2 atom stereocenters. The highest BCUT2D eigenvalue weighted by Gasteiger charge is 2.32. The maximum absolute atomic E-state index is 12.5. The van der Waals surface area contributed by atoms with Crippen LogP contribution in [0, 0.1) is 17.3 Å². The van der Waals surface area contributed by atoms with Crippen LogP contribution in [0.5, 0.6) is 0 Å². The van der Waals surface area contributed by atoms with Gasteiger partial charge in [-0.2, -0.15) is 0 Å². The highest BCUT2D eigenvalue weighted by Crippen LogP contribution is 2.26. The molecule has 0 aliphatic carbocycles. The lowest BCUT2D eigenvalue weighted by Crippen LogP contribution is -2.48. The molecule has 1 saturated heterocycles. The van der Waals surface area contributed by atoms with Crippen LogP contribution >= 0.6 is 0 Å². The van der Waals surface area contributed by atoms with Crippen molar-refractivity contribution in [3.05, 3.63) is 0 Å². The number of piperidine rings is 1. The van der Waals surface area contributed by atoms with Crippen LogP contribution in [-0.2, 0) is 9.59 Å². The number of primary amides is 1. The third-order valence-corrected chi connectivity index (χ3v) is 3.63. The zero-order chi connectivity index (χ0) is 14.6. The Kier molecular flexibility index (Phi) is 5.35. The smallest absolute Gasteiger partial charge is 0.226 e. The van der Waals surface area contributed by atoms with E-state index in [4.69, 9.17) is 11.5 Å². The Morgan fingerprint density at radius 2 is 2.00 bits per heavy atom. The number of nitrogens with zero attached hydrogens (tertiary/aromatic N) is 1. The standard InChI is InChI=1S/C14H27N3O2/c1-14(2,3)7-11(8-15)13(19)17-6-4-5-10(9-17)12(16)18/h10-11H,4-9,15H2,1-3H3,(H2,16,18). The minimum atomic E-state index is -0.308. The quantitative estimate of drug-likeness (QED) is 0.788. The van der Waals surface area contributed by atoms with Gasteiger partial charge < -0.3 is 16.4 Å². The van der Waals surface area contributed by atoms with Crippen molar-refractivity contribution in [2.24, 2.45) is 28.7 Å². The normalized spacial score (nSPS) is 22.1. The van der Waals surface area contributed by atoms with E-state index in [1.165, 1.54) is 0 Å². The van der Waals surface area contributed by atoms with Gasteiger partial charge in [0.15, 0.2) is 0 Å². The minimum Gasteiger partial charge on any atom is -0.369 e. The summed E-state index contributed by atoms with van der Waals surface area (Å²) in [5.41, 5.74) is 11.1. The van der Waals surface area contributed by atoms with Crippen molar-refractivity contribution in [3.8, 4) is 0 Å². The van der Waals surface area contributed by atoms with E-state index < -0.39 is 0 Å². The fourth-order valence-corrected chi connectivity index (χ4v) is 2.68. The lowest BCUT2D eigenvalue weighted by Gasteiger charge is -2.35. The van der Waals surface area contributed by atoms with Crippen LogP contribution in [0.25, 0.3) is 0 Å². The second-order valence-corrected chi connectivity index (χ2v) is 6.72. The Morgan fingerprint density at radius 1 is 1.37 bits per heavy atom. The Balaban J connectivity index is 2.66. The summed E-state index contributed by atoms with van der Waals surface area (Å²) in [6.07, 6.45) is 2.39. The fraction of sp³-hybridized carbons (Fsp3) is 0.857. The predicted octanol–water partition coefficient (Wildman–Crippen LogP) is 0.721. The lowest BCUT2D eigenvalue weighted by atomic mass is 9.83. The molecule has 0 saturated carbocycles. The molecule has 0 radical (unpaired) electrons. The summed E-state index contributed by atoms with van der Waals surface area (Å²) in [7, 11) is 0.